The molecule has 1 N–H and O–H groups in total. The predicted octanol–water partition coefficient (Wildman–Crippen LogP) is 1.60. The summed E-state index contributed by atoms with van der Waals surface area (Å²) in [6.45, 7) is 2.17. The molecule has 3 rings (SSSR count). The lowest BCUT2D eigenvalue weighted by Crippen LogP contribution is -2.19. The van der Waals surface area contributed by atoms with E-state index >= 15 is 0 Å². The van der Waals surface area contributed by atoms with Gasteiger partial charge >= 0.3 is 0 Å². The van der Waals surface area contributed by atoms with Crippen molar-refractivity contribution in [2.45, 2.75) is 18.9 Å². The van der Waals surface area contributed by atoms with Crippen molar-refractivity contribution < 1.29 is 9.13 Å². The second-order valence-electron chi connectivity index (χ2n) is 4.68. The fraction of sp³-hybridized carbons (Fsp3) is 0.583. The van der Waals surface area contributed by atoms with Gasteiger partial charge in [-0.05, 0) is 49.9 Å². The molecule has 0 amide bonds. The summed E-state index contributed by atoms with van der Waals surface area (Å²) in [7, 11) is 0. The summed E-state index contributed by atoms with van der Waals surface area (Å²) in [5.41, 5.74) is 0. The van der Waals surface area contributed by atoms with Gasteiger partial charge in [-0.25, -0.2) is 4.98 Å². The number of fused-ring (bicyclic) bond motifs is 1. The quantitative estimate of drug-likeness (QED) is 0.772. The lowest BCUT2D eigenvalue weighted by atomic mass is 10.0. The largest absolute Gasteiger partial charge is 0.486 e. The van der Waals surface area contributed by atoms with Gasteiger partial charge < -0.3 is 10.1 Å². The SMILES string of the molecule is Fc1ncccc1O[C@@H]1CC2CNC[C@H]2C1. The molecule has 16 heavy (non-hydrogen) atoms. The Morgan fingerprint density at radius 1 is 1.31 bits per heavy atom. The summed E-state index contributed by atoms with van der Waals surface area (Å²) in [4.78, 5) is 3.59. The Hall–Kier alpha value is -1.16. The number of ether oxygens (including phenoxy) is 1. The monoisotopic (exact) mass is 222 g/mol. The third-order valence-electron chi connectivity index (χ3n) is 3.63. The van der Waals surface area contributed by atoms with E-state index in [4.69, 9.17) is 4.74 Å². The summed E-state index contributed by atoms with van der Waals surface area (Å²) in [6.07, 6.45) is 3.67. The van der Waals surface area contributed by atoms with Crippen LogP contribution < -0.4 is 10.1 Å². The van der Waals surface area contributed by atoms with E-state index in [1.807, 2.05) is 0 Å². The van der Waals surface area contributed by atoms with Crippen LogP contribution in [0.5, 0.6) is 5.75 Å². The van der Waals surface area contributed by atoms with Crippen LogP contribution in [0.25, 0.3) is 0 Å². The normalized spacial score (nSPS) is 32.7. The van der Waals surface area contributed by atoms with E-state index in [-0.39, 0.29) is 6.10 Å². The molecule has 0 aromatic carbocycles. The van der Waals surface area contributed by atoms with E-state index in [9.17, 15) is 4.39 Å². The molecule has 1 saturated heterocycles. The van der Waals surface area contributed by atoms with Crippen LogP contribution in [0.4, 0.5) is 4.39 Å². The molecule has 2 aliphatic rings. The summed E-state index contributed by atoms with van der Waals surface area (Å²) in [5.74, 6) is 1.22. The molecule has 3 atom stereocenters. The zero-order chi connectivity index (χ0) is 11.0. The summed E-state index contributed by atoms with van der Waals surface area (Å²) in [5, 5.41) is 3.38. The highest BCUT2D eigenvalue weighted by molar-refractivity contribution is 5.18. The Bertz CT molecular complexity index is 373. The van der Waals surface area contributed by atoms with Gasteiger partial charge in [0.15, 0.2) is 5.75 Å². The number of hydrogen-bond acceptors (Lipinski definition) is 3. The zero-order valence-electron chi connectivity index (χ0n) is 9.03. The molecule has 0 radical (unpaired) electrons. The number of pyridine rings is 1. The van der Waals surface area contributed by atoms with Crippen molar-refractivity contribution in [3.63, 3.8) is 0 Å². The van der Waals surface area contributed by atoms with Crippen molar-refractivity contribution in [1.82, 2.24) is 10.3 Å². The minimum atomic E-state index is -0.502. The second kappa shape index (κ2) is 4.01. The Morgan fingerprint density at radius 2 is 2.06 bits per heavy atom. The molecule has 86 valence electrons. The molecule has 1 aliphatic carbocycles. The highest BCUT2D eigenvalue weighted by atomic mass is 19.1. The van der Waals surface area contributed by atoms with Gasteiger partial charge in [-0.15, -0.1) is 0 Å². The van der Waals surface area contributed by atoms with Crippen molar-refractivity contribution in [1.29, 1.82) is 0 Å². The number of rotatable bonds is 2. The maximum Gasteiger partial charge on any atom is 0.255 e. The molecule has 0 bridgehead atoms. The van der Waals surface area contributed by atoms with Crippen molar-refractivity contribution in [2.24, 2.45) is 11.8 Å². The second-order valence-corrected chi connectivity index (χ2v) is 4.68. The third kappa shape index (κ3) is 1.78. The molecule has 4 heteroatoms. The predicted molar refractivity (Wildman–Crippen MR) is 57.7 cm³/mol. The molecular weight excluding hydrogens is 207 g/mol. The van der Waals surface area contributed by atoms with Gasteiger partial charge in [-0.2, -0.15) is 4.39 Å². The first-order chi connectivity index (χ1) is 7.83. The van der Waals surface area contributed by atoms with Crippen LogP contribution in [0.3, 0.4) is 0 Å². The highest BCUT2D eigenvalue weighted by Gasteiger charge is 2.38. The molecular formula is C12H15FN2O. The number of nitrogens with one attached hydrogen (secondary N) is 1. The van der Waals surface area contributed by atoms with E-state index in [1.54, 1.807) is 12.1 Å². The van der Waals surface area contributed by atoms with Gasteiger partial charge in [0.1, 0.15) is 0 Å². The Kier molecular flexibility index (Phi) is 2.52. The first-order valence-corrected chi connectivity index (χ1v) is 5.81. The van der Waals surface area contributed by atoms with E-state index in [2.05, 4.69) is 10.3 Å². The van der Waals surface area contributed by atoms with E-state index in [0.29, 0.717) is 17.6 Å². The number of hydrogen-bond donors (Lipinski definition) is 1. The van der Waals surface area contributed by atoms with Crippen LogP contribution in [0, 0.1) is 17.8 Å². The van der Waals surface area contributed by atoms with Crippen molar-refractivity contribution in [3.05, 3.63) is 24.3 Å². The molecule has 1 aromatic rings. The molecule has 3 nitrogen and oxygen atoms in total. The van der Waals surface area contributed by atoms with Crippen molar-refractivity contribution >= 4 is 0 Å². The van der Waals surface area contributed by atoms with Crippen LogP contribution in [-0.2, 0) is 0 Å². The summed E-state index contributed by atoms with van der Waals surface area (Å²) in [6, 6.07) is 3.35. The van der Waals surface area contributed by atoms with Crippen molar-refractivity contribution in [3.8, 4) is 5.75 Å². The first-order valence-electron chi connectivity index (χ1n) is 5.81. The van der Waals surface area contributed by atoms with Gasteiger partial charge in [-0.1, -0.05) is 0 Å². The zero-order valence-corrected chi connectivity index (χ0v) is 9.03. The topological polar surface area (TPSA) is 34.1 Å². The minimum Gasteiger partial charge on any atom is -0.486 e. The lowest BCUT2D eigenvalue weighted by Gasteiger charge is -2.14. The lowest BCUT2D eigenvalue weighted by molar-refractivity contribution is 0.188. The van der Waals surface area contributed by atoms with Gasteiger partial charge in [0, 0.05) is 6.20 Å². The third-order valence-corrected chi connectivity index (χ3v) is 3.63. The summed E-state index contributed by atoms with van der Waals surface area (Å²) < 4.78 is 19.0. The maximum absolute atomic E-state index is 13.3. The summed E-state index contributed by atoms with van der Waals surface area (Å²) >= 11 is 0. The van der Waals surface area contributed by atoms with Gasteiger partial charge in [0.25, 0.3) is 5.95 Å². The Morgan fingerprint density at radius 3 is 2.75 bits per heavy atom. The highest BCUT2D eigenvalue weighted by Crippen LogP contribution is 2.36. The Labute approximate surface area is 94.0 Å². The van der Waals surface area contributed by atoms with Crippen LogP contribution in [0.1, 0.15) is 12.8 Å². The number of nitrogens with zero attached hydrogens (tertiary/aromatic N) is 1. The molecule has 1 aromatic heterocycles. The van der Waals surface area contributed by atoms with Gasteiger partial charge in [0.05, 0.1) is 6.10 Å². The first kappa shape index (κ1) is 10.0. The molecule has 2 fully saturated rings. The van der Waals surface area contributed by atoms with E-state index in [0.717, 1.165) is 25.9 Å². The smallest absolute Gasteiger partial charge is 0.255 e. The van der Waals surface area contributed by atoms with Crippen LogP contribution in [0.2, 0.25) is 0 Å². The Balaban J connectivity index is 1.66. The van der Waals surface area contributed by atoms with Crippen LogP contribution in [-0.4, -0.2) is 24.2 Å². The van der Waals surface area contributed by atoms with E-state index < -0.39 is 5.95 Å². The maximum atomic E-state index is 13.3. The molecule has 2 heterocycles. The average Bonchev–Trinajstić information content (AvgIpc) is 2.81. The number of aromatic nitrogens is 1. The number of halogens is 1. The van der Waals surface area contributed by atoms with Crippen LogP contribution in [0.15, 0.2) is 18.3 Å². The molecule has 1 aliphatic heterocycles. The van der Waals surface area contributed by atoms with Gasteiger partial charge in [-0.3, -0.25) is 0 Å². The average molecular weight is 222 g/mol. The van der Waals surface area contributed by atoms with Crippen molar-refractivity contribution in [2.75, 3.05) is 13.1 Å². The molecule has 0 spiro atoms. The van der Waals surface area contributed by atoms with E-state index in [1.165, 1.54) is 6.20 Å². The standard InChI is InChI=1S/C12H15FN2O/c13-12-11(2-1-3-15-12)16-10-4-8-6-14-7-9(8)5-10/h1-3,8-10,14H,4-7H2/t8-,9?,10+/m1/s1. The molecule has 1 saturated carbocycles. The minimum absolute atomic E-state index is 0.163. The molecule has 1 unspecified atom stereocenters. The van der Waals surface area contributed by atoms with Crippen LogP contribution >= 0.6 is 0 Å². The van der Waals surface area contributed by atoms with Gasteiger partial charge in [0.2, 0.25) is 0 Å². The fourth-order valence-corrected chi connectivity index (χ4v) is 2.85. The fourth-order valence-electron chi connectivity index (χ4n) is 2.85.